The number of ether oxygens (including phenoxy) is 1. The van der Waals surface area contributed by atoms with Crippen LogP contribution in [0.4, 0.5) is 0 Å². The molecule has 1 amide bonds. The zero-order chi connectivity index (χ0) is 18.5. The number of amides is 1. The topological polar surface area (TPSA) is 84.7 Å². The quantitative estimate of drug-likeness (QED) is 0.852. The number of aliphatic carboxylic acids is 1. The van der Waals surface area contributed by atoms with Crippen molar-refractivity contribution in [3.05, 3.63) is 53.3 Å². The van der Waals surface area contributed by atoms with E-state index in [4.69, 9.17) is 9.84 Å². The fourth-order valence-electron chi connectivity index (χ4n) is 3.14. The van der Waals surface area contributed by atoms with Gasteiger partial charge in [0.15, 0.2) is 6.10 Å². The van der Waals surface area contributed by atoms with E-state index in [1.807, 2.05) is 35.0 Å². The van der Waals surface area contributed by atoms with Gasteiger partial charge in [0, 0.05) is 6.54 Å². The second-order valence-electron chi connectivity index (χ2n) is 6.35. The van der Waals surface area contributed by atoms with E-state index in [1.165, 1.54) is 0 Å². The number of aromatic nitrogens is 2. The van der Waals surface area contributed by atoms with Crippen LogP contribution < -0.4 is 0 Å². The van der Waals surface area contributed by atoms with E-state index in [9.17, 15) is 9.59 Å². The van der Waals surface area contributed by atoms with Crippen LogP contribution in [0.25, 0.3) is 0 Å². The fraction of sp³-hybridized carbons (Fsp3) is 0.421. The van der Waals surface area contributed by atoms with Gasteiger partial charge in [-0.15, -0.1) is 0 Å². The van der Waals surface area contributed by atoms with E-state index in [0.29, 0.717) is 18.7 Å². The molecule has 7 heteroatoms. The number of hydrogen-bond donors (Lipinski definition) is 1. The second kappa shape index (κ2) is 8.14. The van der Waals surface area contributed by atoms with Crippen LogP contribution in [-0.4, -0.2) is 57.5 Å². The van der Waals surface area contributed by atoms with Crippen molar-refractivity contribution in [3.8, 4) is 0 Å². The minimum absolute atomic E-state index is 0.0591. The number of hydrogen-bond acceptors (Lipinski definition) is 4. The molecule has 0 radical (unpaired) electrons. The van der Waals surface area contributed by atoms with Crippen LogP contribution in [0.3, 0.4) is 0 Å². The molecule has 2 heterocycles. The molecule has 1 N–H and O–H groups in total. The first-order chi connectivity index (χ1) is 12.6. The highest BCUT2D eigenvalue weighted by Gasteiger charge is 2.31. The molecular formula is C19H23N3O4. The lowest BCUT2D eigenvalue weighted by Crippen LogP contribution is -2.48. The first kappa shape index (κ1) is 18.1. The molecule has 2 aromatic rings. The molecule has 1 saturated heterocycles. The lowest BCUT2D eigenvalue weighted by atomic mass is 10.1. The third kappa shape index (κ3) is 3.94. The Labute approximate surface area is 152 Å². The van der Waals surface area contributed by atoms with Crippen LogP contribution in [0.2, 0.25) is 0 Å². The normalized spacial score (nSPS) is 17.3. The van der Waals surface area contributed by atoms with Gasteiger partial charge in [-0.2, -0.15) is 5.10 Å². The van der Waals surface area contributed by atoms with Crippen molar-refractivity contribution in [2.75, 3.05) is 19.7 Å². The molecule has 1 aromatic carbocycles. The van der Waals surface area contributed by atoms with Crippen LogP contribution in [0.1, 0.15) is 35.0 Å². The van der Waals surface area contributed by atoms with Crippen LogP contribution in [0.15, 0.2) is 36.5 Å². The maximum absolute atomic E-state index is 13.0. The Hall–Kier alpha value is -2.67. The number of carboxylic acids is 1. The molecule has 138 valence electrons. The van der Waals surface area contributed by atoms with Gasteiger partial charge >= 0.3 is 5.97 Å². The Morgan fingerprint density at radius 1 is 1.31 bits per heavy atom. The molecule has 26 heavy (non-hydrogen) atoms. The Morgan fingerprint density at radius 2 is 2.08 bits per heavy atom. The van der Waals surface area contributed by atoms with Crippen molar-refractivity contribution >= 4 is 11.9 Å². The van der Waals surface area contributed by atoms with E-state index < -0.39 is 12.1 Å². The molecule has 1 atom stereocenters. The molecule has 1 fully saturated rings. The van der Waals surface area contributed by atoms with Gasteiger partial charge in [0.25, 0.3) is 5.91 Å². The van der Waals surface area contributed by atoms with Crippen molar-refractivity contribution in [2.45, 2.75) is 32.4 Å². The summed E-state index contributed by atoms with van der Waals surface area (Å²) in [5, 5.41) is 13.6. The number of benzene rings is 1. The Morgan fingerprint density at radius 3 is 2.77 bits per heavy atom. The number of carboxylic acid groups (broad SMARTS) is 1. The van der Waals surface area contributed by atoms with Crippen LogP contribution in [0, 0.1) is 0 Å². The summed E-state index contributed by atoms with van der Waals surface area (Å²) in [6.45, 7) is 3.33. The predicted octanol–water partition coefficient (Wildman–Crippen LogP) is 1.81. The molecule has 0 spiro atoms. The van der Waals surface area contributed by atoms with Gasteiger partial charge < -0.3 is 14.7 Å². The summed E-state index contributed by atoms with van der Waals surface area (Å²) < 4.78 is 7.07. The number of carbonyl (C=O) groups excluding carboxylic acids is 1. The van der Waals surface area contributed by atoms with Crippen molar-refractivity contribution in [1.82, 2.24) is 14.7 Å². The smallest absolute Gasteiger partial charge is 0.334 e. The lowest BCUT2D eigenvalue weighted by molar-refractivity contribution is -0.154. The van der Waals surface area contributed by atoms with E-state index in [-0.39, 0.29) is 19.1 Å². The molecule has 1 aliphatic heterocycles. The zero-order valence-corrected chi connectivity index (χ0v) is 14.8. The first-order valence-corrected chi connectivity index (χ1v) is 8.82. The SMILES string of the molecule is CCCc1c(C(=O)N2CCOC(C(=O)O)C2)cnn1Cc1ccccc1. The van der Waals surface area contributed by atoms with Crippen molar-refractivity contribution in [1.29, 1.82) is 0 Å². The summed E-state index contributed by atoms with van der Waals surface area (Å²) in [4.78, 5) is 25.7. The monoisotopic (exact) mass is 357 g/mol. The van der Waals surface area contributed by atoms with Crippen LogP contribution in [0.5, 0.6) is 0 Å². The third-order valence-electron chi connectivity index (χ3n) is 4.47. The lowest BCUT2D eigenvalue weighted by Gasteiger charge is -2.30. The maximum atomic E-state index is 13.0. The van der Waals surface area contributed by atoms with Crippen LogP contribution >= 0.6 is 0 Å². The standard InChI is InChI=1S/C19H23N3O4/c1-2-6-16-15(11-20-22(16)12-14-7-4-3-5-8-14)18(23)21-9-10-26-17(13-21)19(24)25/h3-5,7-8,11,17H,2,6,9-10,12-13H2,1H3,(H,24,25). The number of carbonyl (C=O) groups is 2. The number of rotatable bonds is 6. The van der Waals surface area contributed by atoms with E-state index >= 15 is 0 Å². The molecule has 1 aromatic heterocycles. The van der Waals surface area contributed by atoms with Gasteiger partial charge in [-0.05, 0) is 12.0 Å². The van der Waals surface area contributed by atoms with E-state index in [0.717, 1.165) is 24.1 Å². The average Bonchev–Trinajstić information content (AvgIpc) is 3.05. The molecule has 1 unspecified atom stereocenters. The summed E-state index contributed by atoms with van der Waals surface area (Å²) in [6.07, 6.45) is 2.26. The maximum Gasteiger partial charge on any atom is 0.334 e. The summed E-state index contributed by atoms with van der Waals surface area (Å²) in [5.41, 5.74) is 2.55. The highest BCUT2D eigenvalue weighted by molar-refractivity contribution is 5.95. The summed E-state index contributed by atoms with van der Waals surface area (Å²) in [6, 6.07) is 9.97. The van der Waals surface area contributed by atoms with Gasteiger partial charge in [-0.1, -0.05) is 43.7 Å². The Balaban J connectivity index is 1.82. The first-order valence-electron chi connectivity index (χ1n) is 8.82. The second-order valence-corrected chi connectivity index (χ2v) is 6.35. The van der Waals surface area contributed by atoms with Gasteiger partial charge in [0.05, 0.1) is 37.2 Å². The zero-order valence-electron chi connectivity index (χ0n) is 14.8. The van der Waals surface area contributed by atoms with Gasteiger partial charge in [-0.25, -0.2) is 4.79 Å². The minimum atomic E-state index is -1.05. The van der Waals surface area contributed by atoms with E-state index in [2.05, 4.69) is 12.0 Å². The summed E-state index contributed by atoms with van der Waals surface area (Å²) in [7, 11) is 0. The molecule has 0 bridgehead atoms. The Bertz CT molecular complexity index is 772. The third-order valence-corrected chi connectivity index (χ3v) is 4.47. The fourth-order valence-corrected chi connectivity index (χ4v) is 3.14. The minimum Gasteiger partial charge on any atom is -0.479 e. The molecule has 1 aliphatic rings. The van der Waals surface area contributed by atoms with Gasteiger partial charge in [0.2, 0.25) is 0 Å². The van der Waals surface area contributed by atoms with Crippen molar-refractivity contribution < 1.29 is 19.4 Å². The number of nitrogens with zero attached hydrogens (tertiary/aromatic N) is 3. The van der Waals surface area contributed by atoms with Crippen molar-refractivity contribution in [3.63, 3.8) is 0 Å². The molecule has 0 aliphatic carbocycles. The molecule has 0 saturated carbocycles. The Kier molecular flexibility index (Phi) is 5.68. The highest BCUT2D eigenvalue weighted by Crippen LogP contribution is 2.18. The predicted molar refractivity (Wildman–Crippen MR) is 95.0 cm³/mol. The van der Waals surface area contributed by atoms with E-state index in [1.54, 1.807) is 11.1 Å². The number of morpholine rings is 1. The molecule has 7 nitrogen and oxygen atoms in total. The van der Waals surface area contributed by atoms with Gasteiger partial charge in [0.1, 0.15) is 0 Å². The van der Waals surface area contributed by atoms with Crippen LogP contribution in [-0.2, 0) is 22.5 Å². The largest absolute Gasteiger partial charge is 0.479 e. The molecule has 3 rings (SSSR count). The summed E-state index contributed by atoms with van der Waals surface area (Å²) >= 11 is 0. The van der Waals surface area contributed by atoms with Crippen molar-refractivity contribution in [2.24, 2.45) is 0 Å². The molecular weight excluding hydrogens is 334 g/mol. The van der Waals surface area contributed by atoms with Gasteiger partial charge in [-0.3, -0.25) is 9.48 Å². The summed E-state index contributed by atoms with van der Waals surface area (Å²) in [5.74, 6) is -1.22. The highest BCUT2D eigenvalue weighted by atomic mass is 16.5. The average molecular weight is 357 g/mol.